The number of nitrogens with one attached hydrogen (secondary N) is 1. The van der Waals surface area contributed by atoms with Crippen molar-refractivity contribution in [3.05, 3.63) is 65.0 Å². The summed E-state index contributed by atoms with van der Waals surface area (Å²) in [5, 5.41) is 2.86. The first-order valence-electron chi connectivity index (χ1n) is 7.05. The second-order valence-corrected chi connectivity index (χ2v) is 4.69. The maximum absolute atomic E-state index is 12.5. The van der Waals surface area contributed by atoms with Crippen LogP contribution in [0.2, 0.25) is 0 Å². The van der Waals surface area contributed by atoms with E-state index in [9.17, 15) is 9.59 Å². The zero-order valence-corrected chi connectivity index (χ0v) is 12.4. The molecular formula is C16H14N4O3. The lowest BCUT2D eigenvalue weighted by molar-refractivity contribution is 0.0526. The van der Waals surface area contributed by atoms with Crippen molar-refractivity contribution in [1.82, 2.24) is 19.7 Å². The van der Waals surface area contributed by atoms with Gasteiger partial charge in [-0.2, -0.15) is 0 Å². The maximum Gasteiger partial charge on any atom is 0.339 e. The van der Waals surface area contributed by atoms with Gasteiger partial charge >= 0.3 is 5.97 Å². The molecule has 0 aliphatic carbocycles. The van der Waals surface area contributed by atoms with Crippen molar-refractivity contribution in [2.75, 3.05) is 6.61 Å². The highest BCUT2D eigenvalue weighted by atomic mass is 16.5. The summed E-state index contributed by atoms with van der Waals surface area (Å²) < 4.78 is 6.20. The topological polar surface area (TPSA) is 89.9 Å². The van der Waals surface area contributed by atoms with Crippen molar-refractivity contribution in [3.8, 4) is 16.9 Å². The van der Waals surface area contributed by atoms with E-state index in [1.807, 2.05) is 0 Å². The third kappa shape index (κ3) is 2.89. The Balaban J connectivity index is 1.93. The summed E-state index contributed by atoms with van der Waals surface area (Å²) >= 11 is 0. The first-order chi connectivity index (χ1) is 11.2. The maximum atomic E-state index is 12.5. The summed E-state index contributed by atoms with van der Waals surface area (Å²) in [7, 11) is 0. The van der Waals surface area contributed by atoms with Crippen LogP contribution in [0.3, 0.4) is 0 Å². The molecule has 0 fully saturated rings. The summed E-state index contributed by atoms with van der Waals surface area (Å²) in [5.74, 6) is -0.0559. The summed E-state index contributed by atoms with van der Waals surface area (Å²) in [6.07, 6.45) is 6.24. The van der Waals surface area contributed by atoms with Crippen molar-refractivity contribution in [1.29, 1.82) is 0 Å². The van der Waals surface area contributed by atoms with Crippen LogP contribution < -0.4 is 5.56 Å². The van der Waals surface area contributed by atoms with Gasteiger partial charge in [0.25, 0.3) is 5.56 Å². The number of hydrogen-bond donors (Lipinski definition) is 1. The Bertz CT molecular complexity index is 866. The van der Waals surface area contributed by atoms with E-state index < -0.39 is 5.97 Å². The smallest absolute Gasteiger partial charge is 0.339 e. The lowest BCUT2D eigenvalue weighted by atomic mass is 10.2. The molecule has 3 aromatic rings. The molecule has 7 nitrogen and oxygen atoms in total. The van der Waals surface area contributed by atoms with Crippen molar-refractivity contribution < 1.29 is 9.53 Å². The van der Waals surface area contributed by atoms with Crippen molar-refractivity contribution >= 4 is 5.97 Å². The zero-order valence-electron chi connectivity index (χ0n) is 12.4. The first kappa shape index (κ1) is 14.7. The number of hydrogen-bond acceptors (Lipinski definition) is 5. The molecule has 0 aromatic carbocycles. The molecule has 1 N–H and O–H groups in total. The van der Waals surface area contributed by atoms with E-state index >= 15 is 0 Å². The second-order valence-electron chi connectivity index (χ2n) is 4.69. The van der Waals surface area contributed by atoms with Gasteiger partial charge in [0.2, 0.25) is 0 Å². The van der Waals surface area contributed by atoms with Gasteiger partial charge in [0.05, 0.1) is 17.7 Å². The minimum Gasteiger partial charge on any atom is -0.462 e. The Labute approximate surface area is 131 Å². The molecular weight excluding hydrogens is 296 g/mol. The van der Waals surface area contributed by atoms with Crippen LogP contribution in [0, 0.1) is 0 Å². The van der Waals surface area contributed by atoms with E-state index in [2.05, 4.69) is 15.1 Å². The summed E-state index contributed by atoms with van der Waals surface area (Å²) in [6.45, 7) is 2.03. The van der Waals surface area contributed by atoms with Gasteiger partial charge in [-0.25, -0.2) is 14.5 Å². The van der Waals surface area contributed by atoms with Crippen molar-refractivity contribution in [2.45, 2.75) is 6.92 Å². The highest BCUT2D eigenvalue weighted by Gasteiger charge is 2.12. The number of aromatic amines is 1. The number of aromatic nitrogens is 4. The normalized spacial score (nSPS) is 10.5. The van der Waals surface area contributed by atoms with Crippen molar-refractivity contribution in [3.63, 3.8) is 0 Å². The number of carbonyl (C=O) groups is 1. The molecule has 0 aliphatic heterocycles. The SMILES string of the molecule is CCOC(=O)c1ccc(-n2[nH]cc(-c3cccnc3)c2=O)nc1. The lowest BCUT2D eigenvalue weighted by Crippen LogP contribution is -2.17. The Morgan fingerprint density at radius 3 is 2.83 bits per heavy atom. The van der Waals surface area contributed by atoms with Gasteiger partial charge < -0.3 is 4.74 Å². The van der Waals surface area contributed by atoms with E-state index in [0.29, 0.717) is 23.6 Å². The van der Waals surface area contributed by atoms with E-state index in [0.717, 1.165) is 5.56 Å². The van der Waals surface area contributed by atoms with Crippen LogP contribution >= 0.6 is 0 Å². The molecule has 0 atom stereocenters. The van der Waals surface area contributed by atoms with Crippen LogP contribution in [-0.4, -0.2) is 32.3 Å². The fourth-order valence-electron chi connectivity index (χ4n) is 2.12. The number of nitrogens with zero attached hydrogens (tertiary/aromatic N) is 3. The molecule has 116 valence electrons. The molecule has 7 heteroatoms. The Morgan fingerprint density at radius 1 is 1.30 bits per heavy atom. The number of rotatable bonds is 4. The van der Waals surface area contributed by atoms with Gasteiger partial charge in [0.15, 0.2) is 5.82 Å². The molecule has 3 heterocycles. The number of H-pyrrole nitrogens is 1. The number of carbonyl (C=O) groups excluding carboxylic acids is 1. The Hall–Kier alpha value is -3.22. The van der Waals surface area contributed by atoms with Gasteiger partial charge in [-0.1, -0.05) is 6.07 Å². The molecule has 0 aliphatic rings. The van der Waals surface area contributed by atoms with E-state index in [-0.39, 0.29) is 5.56 Å². The molecule has 0 saturated carbocycles. The summed E-state index contributed by atoms with van der Waals surface area (Å²) in [5.41, 5.74) is 1.31. The molecule has 0 radical (unpaired) electrons. The van der Waals surface area contributed by atoms with Gasteiger partial charge in [-0.05, 0) is 25.1 Å². The van der Waals surface area contributed by atoms with E-state index in [4.69, 9.17) is 4.74 Å². The number of ether oxygens (including phenoxy) is 1. The predicted molar refractivity (Wildman–Crippen MR) is 83.4 cm³/mol. The predicted octanol–water partition coefficient (Wildman–Crippen LogP) is 1.80. The van der Waals surface area contributed by atoms with Crippen LogP contribution in [0.25, 0.3) is 16.9 Å². The monoisotopic (exact) mass is 310 g/mol. The number of esters is 1. The largest absolute Gasteiger partial charge is 0.462 e. The Morgan fingerprint density at radius 2 is 2.17 bits per heavy atom. The van der Waals surface area contributed by atoms with Gasteiger partial charge in [-0.3, -0.25) is 14.9 Å². The lowest BCUT2D eigenvalue weighted by Gasteiger charge is -2.03. The quantitative estimate of drug-likeness (QED) is 0.742. The van der Waals surface area contributed by atoms with Crippen molar-refractivity contribution in [2.24, 2.45) is 0 Å². The molecule has 3 rings (SSSR count). The third-order valence-electron chi connectivity index (χ3n) is 3.23. The van der Waals surface area contributed by atoms with Gasteiger partial charge in [-0.15, -0.1) is 0 Å². The average Bonchev–Trinajstić information content (AvgIpc) is 2.97. The van der Waals surface area contributed by atoms with Gasteiger partial charge in [0, 0.05) is 30.4 Å². The van der Waals surface area contributed by atoms with E-state index in [1.165, 1.54) is 10.9 Å². The molecule has 0 bridgehead atoms. The molecule has 0 spiro atoms. The highest BCUT2D eigenvalue weighted by Crippen LogP contribution is 2.13. The standard InChI is InChI=1S/C16H14N4O3/c1-2-23-16(22)12-5-6-14(18-9-12)20-15(21)13(10-19-20)11-4-3-7-17-8-11/h3-10,19H,2H2,1H3. The third-order valence-corrected chi connectivity index (χ3v) is 3.23. The summed E-state index contributed by atoms with van der Waals surface area (Å²) in [4.78, 5) is 32.2. The minimum atomic E-state index is -0.443. The molecule has 3 aromatic heterocycles. The highest BCUT2D eigenvalue weighted by molar-refractivity contribution is 5.89. The average molecular weight is 310 g/mol. The summed E-state index contributed by atoms with van der Waals surface area (Å²) in [6, 6.07) is 6.71. The molecule has 0 unspecified atom stereocenters. The van der Waals surface area contributed by atoms with Crippen LogP contribution in [0.4, 0.5) is 0 Å². The second kappa shape index (κ2) is 6.27. The van der Waals surface area contributed by atoms with Crippen LogP contribution in [0.1, 0.15) is 17.3 Å². The fourth-order valence-corrected chi connectivity index (χ4v) is 2.12. The minimum absolute atomic E-state index is 0.241. The van der Waals surface area contributed by atoms with Gasteiger partial charge in [0.1, 0.15) is 0 Å². The first-order valence-corrected chi connectivity index (χ1v) is 7.05. The Kier molecular flexibility index (Phi) is 4.01. The zero-order chi connectivity index (χ0) is 16.2. The van der Waals surface area contributed by atoms with E-state index in [1.54, 1.807) is 49.8 Å². The molecule has 0 saturated heterocycles. The van der Waals surface area contributed by atoms with Crippen LogP contribution in [-0.2, 0) is 4.74 Å². The molecule has 0 amide bonds. The number of pyridine rings is 2. The van der Waals surface area contributed by atoms with Crippen LogP contribution in [0.15, 0.2) is 53.8 Å². The molecule has 23 heavy (non-hydrogen) atoms. The van der Waals surface area contributed by atoms with Crippen LogP contribution in [0.5, 0.6) is 0 Å². The fraction of sp³-hybridized carbons (Fsp3) is 0.125.